The Morgan fingerprint density at radius 2 is 1.71 bits per heavy atom. The van der Waals surface area contributed by atoms with Gasteiger partial charge in [0.1, 0.15) is 10.7 Å². The Labute approximate surface area is 133 Å². The maximum atomic E-state index is 11.9. The average molecular weight is 346 g/mol. The van der Waals surface area contributed by atoms with Crippen molar-refractivity contribution in [2.45, 2.75) is 4.90 Å². The summed E-state index contributed by atoms with van der Waals surface area (Å²) in [5.74, 6) is 0.492. The Morgan fingerprint density at radius 3 is 2.19 bits per heavy atom. The number of hydrogen-bond acceptors (Lipinski definition) is 4. The molecule has 5 nitrogen and oxygen atoms in total. The second-order valence-electron chi connectivity index (χ2n) is 4.45. The van der Waals surface area contributed by atoms with Crippen LogP contribution in [0.15, 0.2) is 41.4 Å². The molecule has 1 aromatic heterocycles. The molecule has 0 aliphatic rings. The van der Waals surface area contributed by atoms with E-state index in [0.717, 1.165) is 4.31 Å². The number of hydrogen-bond donors (Lipinski definition) is 1. The van der Waals surface area contributed by atoms with Gasteiger partial charge in [0.15, 0.2) is 0 Å². The van der Waals surface area contributed by atoms with E-state index in [0.29, 0.717) is 21.6 Å². The van der Waals surface area contributed by atoms with Crippen LogP contribution in [-0.4, -0.2) is 31.8 Å². The number of anilines is 2. The monoisotopic (exact) mass is 345 g/mol. The Kier molecular flexibility index (Phi) is 4.73. The minimum atomic E-state index is -3.48. The molecule has 0 saturated heterocycles. The molecule has 8 heteroatoms. The van der Waals surface area contributed by atoms with Crippen LogP contribution in [0, 0.1) is 0 Å². The number of nitrogens with zero attached hydrogens (tertiary/aromatic N) is 2. The number of sulfonamides is 1. The van der Waals surface area contributed by atoms with E-state index in [-0.39, 0.29) is 4.90 Å². The zero-order valence-electron chi connectivity index (χ0n) is 11.3. The van der Waals surface area contributed by atoms with Crippen molar-refractivity contribution in [3.63, 3.8) is 0 Å². The summed E-state index contributed by atoms with van der Waals surface area (Å²) in [5.41, 5.74) is 0.670. The van der Waals surface area contributed by atoms with Crippen LogP contribution in [0.2, 0.25) is 10.0 Å². The van der Waals surface area contributed by atoms with Crippen molar-refractivity contribution in [3.05, 3.63) is 46.6 Å². The third kappa shape index (κ3) is 3.85. The molecule has 0 saturated carbocycles. The lowest BCUT2D eigenvalue weighted by molar-refractivity contribution is 0.520. The lowest BCUT2D eigenvalue weighted by Gasteiger charge is -2.12. The topological polar surface area (TPSA) is 62.3 Å². The smallest absolute Gasteiger partial charge is 0.244 e. The molecule has 0 bridgehead atoms. The molecule has 1 aromatic carbocycles. The first-order valence-electron chi connectivity index (χ1n) is 5.91. The fourth-order valence-corrected chi connectivity index (χ4v) is 2.97. The minimum absolute atomic E-state index is 0.127. The molecule has 1 N–H and O–H groups in total. The largest absolute Gasteiger partial charge is 0.340 e. The maximum absolute atomic E-state index is 11.9. The zero-order chi connectivity index (χ0) is 15.6. The van der Waals surface area contributed by atoms with Gasteiger partial charge in [0.25, 0.3) is 0 Å². The average Bonchev–Trinajstić information content (AvgIpc) is 2.37. The molecule has 0 amide bonds. The van der Waals surface area contributed by atoms with Gasteiger partial charge in [-0.2, -0.15) is 0 Å². The zero-order valence-corrected chi connectivity index (χ0v) is 13.7. The molecule has 0 fully saturated rings. The van der Waals surface area contributed by atoms with Gasteiger partial charge < -0.3 is 5.32 Å². The van der Waals surface area contributed by atoms with Gasteiger partial charge in [-0.1, -0.05) is 23.2 Å². The van der Waals surface area contributed by atoms with Crippen molar-refractivity contribution in [1.82, 2.24) is 9.29 Å². The predicted molar refractivity (Wildman–Crippen MR) is 84.9 cm³/mol. The van der Waals surface area contributed by atoms with E-state index >= 15 is 0 Å². The Balaban J connectivity index is 2.24. The number of benzene rings is 1. The van der Waals surface area contributed by atoms with Crippen molar-refractivity contribution in [2.24, 2.45) is 0 Å². The number of aromatic nitrogens is 1. The normalized spacial score (nSPS) is 11.7. The molecular weight excluding hydrogens is 333 g/mol. The van der Waals surface area contributed by atoms with Crippen molar-refractivity contribution in [2.75, 3.05) is 19.4 Å². The number of nitrogens with one attached hydrogen (secondary N) is 1. The van der Waals surface area contributed by atoms with Crippen LogP contribution in [-0.2, 0) is 10.0 Å². The van der Waals surface area contributed by atoms with Gasteiger partial charge in [0, 0.05) is 36.0 Å². The van der Waals surface area contributed by atoms with Gasteiger partial charge >= 0.3 is 0 Å². The molecule has 21 heavy (non-hydrogen) atoms. The van der Waals surface area contributed by atoms with Gasteiger partial charge in [-0.15, -0.1) is 0 Å². The highest BCUT2D eigenvalue weighted by molar-refractivity contribution is 7.89. The van der Waals surface area contributed by atoms with Crippen LogP contribution in [0.5, 0.6) is 0 Å². The summed E-state index contributed by atoms with van der Waals surface area (Å²) in [6.07, 6.45) is 1.30. The predicted octanol–water partition coefficient (Wildman–Crippen LogP) is 3.38. The van der Waals surface area contributed by atoms with E-state index in [1.807, 2.05) is 0 Å². The SMILES string of the molecule is CN(C)S(=O)(=O)c1ccc(Nc2cc(Cl)cc(Cl)c2)nc1. The van der Waals surface area contributed by atoms with E-state index in [9.17, 15) is 8.42 Å². The number of halogens is 2. The first kappa shape index (κ1) is 16.0. The highest BCUT2D eigenvalue weighted by Crippen LogP contribution is 2.25. The summed E-state index contributed by atoms with van der Waals surface area (Å²) >= 11 is 11.8. The molecule has 0 radical (unpaired) electrons. The number of rotatable bonds is 4. The summed E-state index contributed by atoms with van der Waals surface area (Å²) in [6, 6.07) is 8.07. The van der Waals surface area contributed by atoms with Crippen molar-refractivity contribution >= 4 is 44.7 Å². The summed E-state index contributed by atoms with van der Waals surface area (Å²) in [6.45, 7) is 0. The molecular formula is C13H13Cl2N3O2S. The maximum Gasteiger partial charge on any atom is 0.244 e. The molecule has 0 aliphatic heterocycles. The highest BCUT2D eigenvalue weighted by atomic mass is 35.5. The lowest BCUT2D eigenvalue weighted by atomic mass is 10.3. The van der Waals surface area contributed by atoms with Crippen LogP contribution in [0.3, 0.4) is 0 Å². The Hall–Kier alpha value is -1.34. The molecule has 0 spiro atoms. The third-order valence-corrected chi connectivity index (χ3v) is 4.88. The Morgan fingerprint density at radius 1 is 1.10 bits per heavy atom. The van der Waals surface area contributed by atoms with E-state index in [2.05, 4.69) is 10.3 Å². The van der Waals surface area contributed by atoms with Gasteiger partial charge in [0.05, 0.1) is 0 Å². The Bertz CT molecular complexity index is 726. The summed E-state index contributed by atoms with van der Waals surface area (Å²) < 4.78 is 25.0. The summed E-state index contributed by atoms with van der Waals surface area (Å²) in [7, 11) is -0.544. The molecule has 0 atom stereocenters. The summed E-state index contributed by atoms with van der Waals surface area (Å²) in [5, 5.41) is 4.00. The highest BCUT2D eigenvalue weighted by Gasteiger charge is 2.17. The van der Waals surface area contributed by atoms with Gasteiger partial charge in [-0.3, -0.25) is 0 Å². The van der Waals surface area contributed by atoms with Crippen LogP contribution >= 0.6 is 23.2 Å². The first-order chi connectivity index (χ1) is 9.79. The fraction of sp³-hybridized carbons (Fsp3) is 0.154. The lowest BCUT2D eigenvalue weighted by Crippen LogP contribution is -2.22. The molecule has 112 valence electrons. The molecule has 0 unspecified atom stereocenters. The van der Waals surface area contributed by atoms with E-state index in [1.54, 1.807) is 24.3 Å². The first-order valence-corrected chi connectivity index (χ1v) is 8.10. The van der Waals surface area contributed by atoms with Crippen LogP contribution < -0.4 is 5.32 Å². The minimum Gasteiger partial charge on any atom is -0.340 e. The van der Waals surface area contributed by atoms with Crippen LogP contribution in [0.1, 0.15) is 0 Å². The van der Waals surface area contributed by atoms with E-state index in [4.69, 9.17) is 23.2 Å². The van der Waals surface area contributed by atoms with E-state index in [1.165, 1.54) is 26.4 Å². The molecule has 1 heterocycles. The van der Waals surface area contributed by atoms with Crippen LogP contribution in [0.4, 0.5) is 11.5 Å². The second kappa shape index (κ2) is 6.19. The summed E-state index contributed by atoms with van der Waals surface area (Å²) in [4.78, 5) is 4.21. The van der Waals surface area contributed by atoms with Crippen molar-refractivity contribution < 1.29 is 8.42 Å². The van der Waals surface area contributed by atoms with Gasteiger partial charge in [-0.25, -0.2) is 17.7 Å². The van der Waals surface area contributed by atoms with Crippen LogP contribution in [0.25, 0.3) is 0 Å². The van der Waals surface area contributed by atoms with Crippen molar-refractivity contribution in [3.8, 4) is 0 Å². The molecule has 0 aliphatic carbocycles. The molecule has 2 rings (SSSR count). The van der Waals surface area contributed by atoms with Gasteiger partial charge in [-0.05, 0) is 30.3 Å². The molecule has 2 aromatic rings. The third-order valence-electron chi connectivity index (χ3n) is 2.65. The van der Waals surface area contributed by atoms with Crippen molar-refractivity contribution in [1.29, 1.82) is 0 Å². The van der Waals surface area contributed by atoms with E-state index < -0.39 is 10.0 Å². The quantitative estimate of drug-likeness (QED) is 0.922. The standard InChI is InChI=1S/C13H13Cl2N3O2S/c1-18(2)21(19,20)12-3-4-13(16-8-12)17-11-6-9(14)5-10(15)7-11/h3-8H,1-2H3,(H,16,17). The fourth-order valence-electron chi connectivity index (χ4n) is 1.59. The van der Waals surface area contributed by atoms with Gasteiger partial charge in [0.2, 0.25) is 10.0 Å². The second-order valence-corrected chi connectivity index (χ2v) is 7.47. The number of pyridine rings is 1.